The molecule has 1 aromatic carbocycles. The third-order valence-corrected chi connectivity index (χ3v) is 4.43. The molecular weight excluding hydrogens is 232 g/mol. The highest BCUT2D eigenvalue weighted by atomic mass is 15.2. The molecule has 2 rings (SSSR count). The number of benzene rings is 1. The van der Waals surface area contributed by atoms with Crippen molar-refractivity contribution in [2.75, 3.05) is 13.1 Å². The minimum absolute atomic E-state index is 0.691. The second-order valence-corrected chi connectivity index (χ2v) is 6.20. The van der Waals surface area contributed by atoms with Gasteiger partial charge in [-0.2, -0.15) is 0 Å². The van der Waals surface area contributed by atoms with Crippen molar-refractivity contribution in [3.8, 4) is 0 Å². The van der Waals surface area contributed by atoms with E-state index < -0.39 is 0 Å². The number of nitrogens with zero attached hydrogens (tertiary/aromatic N) is 1. The van der Waals surface area contributed by atoms with Gasteiger partial charge < -0.3 is 10.2 Å². The molecule has 0 atom stereocenters. The lowest BCUT2D eigenvalue weighted by molar-refractivity contribution is 0.161. The van der Waals surface area contributed by atoms with Gasteiger partial charge in [0, 0.05) is 18.6 Å². The quantitative estimate of drug-likeness (QED) is 0.894. The third kappa shape index (κ3) is 4.05. The van der Waals surface area contributed by atoms with E-state index in [2.05, 4.69) is 56.1 Å². The zero-order valence-corrected chi connectivity index (χ0v) is 12.9. The summed E-state index contributed by atoms with van der Waals surface area (Å²) in [5.41, 5.74) is 4.19. The van der Waals surface area contributed by atoms with Crippen LogP contribution in [0.25, 0.3) is 0 Å². The van der Waals surface area contributed by atoms with Crippen LogP contribution in [0.15, 0.2) is 18.2 Å². The second kappa shape index (κ2) is 6.53. The summed E-state index contributed by atoms with van der Waals surface area (Å²) in [6.45, 7) is 12.4. The molecule has 0 saturated carbocycles. The average Bonchev–Trinajstić information content (AvgIpc) is 2.40. The summed E-state index contributed by atoms with van der Waals surface area (Å²) in [6, 6.07) is 8.18. The number of rotatable bonds is 4. The molecule has 0 bridgehead atoms. The Labute approximate surface area is 118 Å². The molecule has 1 N–H and O–H groups in total. The van der Waals surface area contributed by atoms with Crippen LogP contribution in [-0.2, 0) is 6.54 Å². The van der Waals surface area contributed by atoms with E-state index in [0.29, 0.717) is 12.1 Å². The zero-order valence-electron chi connectivity index (χ0n) is 12.9. The normalized spacial score (nSPS) is 18.2. The van der Waals surface area contributed by atoms with Crippen molar-refractivity contribution < 1.29 is 0 Å². The monoisotopic (exact) mass is 260 g/mol. The summed E-state index contributed by atoms with van der Waals surface area (Å²) in [4.78, 5) is 2.58. The van der Waals surface area contributed by atoms with Gasteiger partial charge in [0.2, 0.25) is 0 Å². The largest absolute Gasteiger partial charge is 0.310 e. The van der Waals surface area contributed by atoms with Crippen LogP contribution in [0.4, 0.5) is 0 Å². The lowest BCUT2D eigenvalue weighted by Gasteiger charge is -2.35. The molecule has 1 fully saturated rings. The van der Waals surface area contributed by atoms with E-state index in [9.17, 15) is 0 Å². The number of piperidine rings is 1. The van der Waals surface area contributed by atoms with Crippen molar-refractivity contribution in [3.63, 3.8) is 0 Å². The standard InChI is InChI=1S/C17H28N2/c1-13(2)19-9-7-17(8-10-19)18-12-16-6-5-14(3)15(4)11-16/h5-6,11,13,17-18H,7-10,12H2,1-4H3. The van der Waals surface area contributed by atoms with Crippen molar-refractivity contribution in [1.82, 2.24) is 10.2 Å². The highest BCUT2D eigenvalue weighted by Crippen LogP contribution is 2.14. The van der Waals surface area contributed by atoms with Gasteiger partial charge in [-0.05, 0) is 70.3 Å². The SMILES string of the molecule is Cc1ccc(CNC2CCN(C(C)C)CC2)cc1C. The summed E-state index contributed by atoms with van der Waals surface area (Å²) >= 11 is 0. The summed E-state index contributed by atoms with van der Waals surface area (Å²) in [7, 11) is 0. The first-order chi connectivity index (χ1) is 9.06. The van der Waals surface area contributed by atoms with Gasteiger partial charge in [-0.3, -0.25) is 0 Å². The molecule has 1 aliphatic rings. The molecule has 0 spiro atoms. The lowest BCUT2D eigenvalue weighted by Crippen LogP contribution is -2.44. The molecule has 0 unspecified atom stereocenters. The maximum Gasteiger partial charge on any atom is 0.0208 e. The molecule has 0 aromatic heterocycles. The molecule has 2 heteroatoms. The van der Waals surface area contributed by atoms with Crippen molar-refractivity contribution in [2.24, 2.45) is 0 Å². The predicted octanol–water partition coefficient (Wildman–Crippen LogP) is 3.27. The fourth-order valence-electron chi connectivity index (χ4n) is 2.80. The Morgan fingerprint density at radius 1 is 1.16 bits per heavy atom. The van der Waals surface area contributed by atoms with E-state index in [1.807, 2.05) is 0 Å². The second-order valence-electron chi connectivity index (χ2n) is 6.20. The minimum Gasteiger partial charge on any atom is -0.310 e. The Kier molecular flexibility index (Phi) is 5.00. The number of hydrogen-bond donors (Lipinski definition) is 1. The van der Waals surface area contributed by atoms with Crippen LogP contribution in [0.2, 0.25) is 0 Å². The molecule has 1 aromatic rings. The van der Waals surface area contributed by atoms with Crippen LogP contribution in [0.1, 0.15) is 43.4 Å². The molecule has 1 heterocycles. The number of nitrogens with one attached hydrogen (secondary N) is 1. The first-order valence-electron chi connectivity index (χ1n) is 7.60. The number of hydrogen-bond acceptors (Lipinski definition) is 2. The molecular formula is C17H28N2. The van der Waals surface area contributed by atoms with Crippen LogP contribution < -0.4 is 5.32 Å². The van der Waals surface area contributed by atoms with Crippen molar-refractivity contribution in [3.05, 3.63) is 34.9 Å². The van der Waals surface area contributed by atoms with Gasteiger partial charge in [-0.25, -0.2) is 0 Å². The summed E-state index contributed by atoms with van der Waals surface area (Å²) in [5.74, 6) is 0. The number of likely N-dealkylation sites (tertiary alicyclic amines) is 1. The van der Waals surface area contributed by atoms with Crippen molar-refractivity contribution in [2.45, 2.75) is 59.2 Å². The first-order valence-corrected chi connectivity index (χ1v) is 7.60. The van der Waals surface area contributed by atoms with Gasteiger partial charge in [0.05, 0.1) is 0 Å². The van der Waals surface area contributed by atoms with E-state index in [1.54, 1.807) is 0 Å². The van der Waals surface area contributed by atoms with Crippen LogP contribution >= 0.6 is 0 Å². The summed E-state index contributed by atoms with van der Waals surface area (Å²) < 4.78 is 0. The van der Waals surface area contributed by atoms with Gasteiger partial charge in [0.15, 0.2) is 0 Å². The fourth-order valence-corrected chi connectivity index (χ4v) is 2.80. The van der Waals surface area contributed by atoms with E-state index in [1.165, 1.54) is 42.6 Å². The Bertz CT molecular complexity index is 404. The van der Waals surface area contributed by atoms with E-state index >= 15 is 0 Å². The summed E-state index contributed by atoms with van der Waals surface area (Å²) in [5, 5.41) is 3.72. The maximum atomic E-state index is 3.72. The molecule has 106 valence electrons. The van der Waals surface area contributed by atoms with Gasteiger partial charge in [0.1, 0.15) is 0 Å². The average molecular weight is 260 g/mol. The van der Waals surface area contributed by atoms with Gasteiger partial charge >= 0.3 is 0 Å². The maximum absolute atomic E-state index is 3.72. The van der Waals surface area contributed by atoms with Crippen LogP contribution in [0.5, 0.6) is 0 Å². The molecule has 19 heavy (non-hydrogen) atoms. The molecule has 1 aliphatic heterocycles. The molecule has 0 amide bonds. The van der Waals surface area contributed by atoms with Crippen LogP contribution in [-0.4, -0.2) is 30.1 Å². The molecule has 2 nitrogen and oxygen atoms in total. The van der Waals surface area contributed by atoms with Gasteiger partial charge in [-0.15, -0.1) is 0 Å². The Morgan fingerprint density at radius 3 is 2.42 bits per heavy atom. The first kappa shape index (κ1) is 14.5. The van der Waals surface area contributed by atoms with Crippen LogP contribution in [0, 0.1) is 13.8 Å². The van der Waals surface area contributed by atoms with E-state index in [0.717, 1.165) is 6.54 Å². The topological polar surface area (TPSA) is 15.3 Å². The minimum atomic E-state index is 0.691. The fraction of sp³-hybridized carbons (Fsp3) is 0.647. The highest BCUT2D eigenvalue weighted by molar-refractivity contribution is 5.29. The lowest BCUT2D eigenvalue weighted by atomic mass is 10.0. The summed E-state index contributed by atoms with van der Waals surface area (Å²) in [6.07, 6.45) is 2.56. The third-order valence-electron chi connectivity index (χ3n) is 4.43. The van der Waals surface area contributed by atoms with Gasteiger partial charge in [0.25, 0.3) is 0 Å². The Balaban J connectivity index is 1.79. The van der Waals surface area contributed by atoms with Gasteiger partial charge in [-0.1, -0.05) is 18.2 Å². The van der Waals surface area contributed by atoms with E-state index in [4.69, 9.17) is 0 Å². The highest BCUT2D eigenvalue weighted by Gasteiger charge is 2.20. The molecule has 0 radical (unpaired) electrons. The van der Waals surface area contributed by atoms with Crippen LogP contribution in [0.3, 0.4) is 0 Å². The Hall–Kier alpha value is -0.860. The molecule has 1 saturated heterocycles. The smallest absolute Gasteiger partial charge is 0.0208 e. The predicted molar refractivity (Wildman–Crippen MR) is 82.5 cm³/mol. The number of aryl methyl sites for hydroxylation is 2. The molecule has 0 aliphatic carbocycles. The zero-order chi connectivity index (χ0) is 13.8. The van der Waals surface area contributed by atoms with Crippen molar-refractivity contribution >= 4 is 0 Å². The van der Waals surface area contributed by atoms with E-state index in [-0.39, 0.29) is 0 Å². The Morgan fingerprint density at radius 2 is 1.84 bits per heavy atom. The van der Waals surface area contributed by atoms with Crippen molar-refractivity contribution in [1.29, 1.82) is 0 Å².